The molecule has 24 heavy (non-hydrogen) atoms. The molecule has 11 heteroatoms. The monoisotopic (exact) mass is 408 g/mol. The van der Waals surface area contributed by atoms with Gasteiger partial charge in [-0.15, -0.1) is 0 Å². The Bertz CT molecular complexity index is 641. The fraction of sp³-hybridized carbons (Fsp3) is 0.615. The molecule has 10 nitrogen and oxygen atoms in total. The molecule has 1 unspecified atom stereocenters. The van der Waals surface area contributed by atoms with Gasteiger partial charge in [-0.25, -0.2) is 0 Å². The summed E-state index contributed by atoms with van der Waals surface area (Å²) < 4.78 is 6.68. The molecule has 0 spiro atoms. The summed E-state index contributed by atoms with van der Waals surface area (Å²) in [6.07, 6.45) is -2.40. The maximum absolute atomic E-state index is 11.8. The molecule has 2 rings (SSSR count). The van der Waals surface area contributed by atoms with E-state index in [9.17, 15) is 19.8 Å². The molecule has 0 aromatic carbocycles. The molecule has 1 saturated heterocycles. The zero-order valence-electron chi connectivity index (χ0n) is 12.7. The molecule has 1 fully saturated rings. The molecule has 1 aliphatic heterocycles. The number of aliphatic hydroxyl groups is 2. The average Bonchev–Trinajstić information content (AvgIpc) is 2.79. The minimum absolute atomic E-state index is 0.0162. The number of aromatic nitrogens is 2. The topological polar surface area (TPSA) is 174 Å². The number of nitrogen functional groups attached to an aromatic ring is 1. The first-order valence-corrected chi connectivity index (χ1v) is 9.66. The van der Waals surface area contributed by atoms with Gasteiger partial charge in [0.2, 0.25) is 0 Å². The molecule has 5 atom stereocenters. The van der Waals surface area contributed by atoms with Crippen molar-refractivity contribution < 1.29 is 24.9 Å². The number of aliphatic hydroxyl groups excluding tert-OH is 2. The fourth-order valence-corrected chi connectivity index (χ4v) is 4.55. The third kappa shape index (κ3) is 4.32. The average molecular weight is 407 g/mol. The van der Waals surface area contributed by atoms with Gasteiger partial charge < -0.3 is 0 Å². The van der Waals surface area contributed by atoms with Gasteiger partial charge in [0.05, 0.1) is 0 Å². The van der Waals surface area contributed by atoms with Crippen LogP contribution in [0.5, 0.6) is 0 Å². The van der Waals surface area contributed by atoms with Crippen LogP contribution in [0.4, 0.5) is 5.82 Å². The molecule has 1 aliphatic rings. The molecular weight excluding hydrogens is 387 g/mol. The molecule has 0 amide bonds. The SMILES string of the molecule is Nc1ccn([C@@H]2O[C@H](C[Se]CCC(N)C(=O)O)[C@@H](O)[C@H]2O)c(=O)n1. The standard InChI is InChI=1S/C13H20N4O6Se/c14-6(12(20)21)2-4-24-5-7-9(18)10(19)11(23-7)17-3-1-8(15)16-13(17)22/h1,3,6-7,9-11,18-19H,2,4-5,14H2,(H,20,21)(H2,15,16,22)/t6?,7-,9-,10-,11-/m1/s1. The predicted octanol–water partition coefficient (Wildman–Crippen LogP) is -2.21. The van der Waals surface area contributed by atoms with Gasteiger partial charge in [0.1, 0.15) is 0 Å². The van der Waals surface area contributed by atoms with Crippen molar-refractivity contribution in [2.75, 3.05) is 5.73 Å². The van der Waals surface area contributed by atoms with Gasteiger partial charge in [0.15, 0.2) is 0 Å². The van der Waals surface area contributed by atoms with Gasteiger partial charge in [0.25, 0.3) is 0 Å². The van der Waals surface area contributed by atoms with Crippen LogP contribution >= 0.6 is 0 Å². The number of hydrogen-bond acceptors (Lipinski definition) is 8. The molecule has 134 valence electrons. The zero-order valence-corrected chi connectivity index (χ0v) is 14.4. The van der Waals surface area contributed by atoms with Crippen LogP contribution in [0, 0.1) is 0 Å². The Labute approximate surface area is 143 Å². The van der Waals surface area contributed by atoms with Crippen LogP contribution in [0.3, 0.4) is 0 Å². The molecular formula is C13H20N4O6Se. The van der Waals surface area contributed by atoms with Crippen LogP contribution in [-0.2, 0) is 9.53 Å². The van der Waals surface area contributed by atoms with E-state index in [0.717, 1.165) is 4.57 Å². The molecule has 0 radical (unpaired) electrons. The van der Waals surface area contributed by atoms with E-state index < -0.39 is 42.2 Å². The Morgan fingerprint density at radius 2 is 2.17 bits per heavy atom. The second-order valence-corrected chi connectivity index (χ2v) is 7.81. The second-order valence-electron chi connectivity index (χ2n) is 5.40. The van der Waals surface area contributed by atoms with Crippen molar-refractivity contribution >= 4 is 26.7 Å². The van der Waals surface area contributed by atoms with E-state index in [2.05, 4.69) is 4.98 Å². The quantitative estimate of drug-likeness (QED) is 0.248. The predicted molar refractivity (Wildman–Crippen MR) is 84.4 cm³/mol. The summed E-state index contributed by atoms with van der Waals surface area (Å²) in [4.78, 5) is 26.0. The number of carboxylic acid groups (broad SMARTS) is 1. The Hall–Kier alpha value is -1.49. The molecule has 2 heterocycles. The number of nitrogens with zero attached hydrogens (tertiary/aromatic N) is 2. The van der Waals surface area contributed by atoms with Crippen LogP contribution in [0.2, 0.25) is 10.6 Å². The molecule has 1 aromatic heterocycles. The summed E-state index contributed by atoms with van der Waals surface area (Å²) in [7, 11) is 0. The summed E-state index contributed by atoms with van der Waals surface area (Å²) in [6.45, 7) is 0. The maximum atomic E-state index is 11.8. The summed E-state index contributed by atoms with van der Waals surface area (Å²) in [6, 6.07) is 0.494. The number of nitrogens with two attached hydrogens (primary N) is 2. The van der Waals surface area contributed by atoms with E-state index in [1.54, 1.807) is 0 Å². The van der Waals surface area contributed by atoms with E-state index in [4.69, 9.17) is 21.3 Å². The Morgan fingerprint density at radius 1 is 1.46 bits per heavy atom. The summed E-state index contributed by atoms with van der Waals surface area (Å²) in [5.74, 6) is -0.993. The number of rotatable bonds is 7. The van der Waals surface area contributed by atoms with Crippen molar-refractivity contribution in [2.45, 2.75) is 47.6 Å². The number of aliphatic carboxylic acids is 1. The molecule has 0 aliphatic carbocycles. The Morgan fingerprint density at radius 3 is 2.79 bits per heavy atom. The van der Waals surface area contributed by atoms with Gasteiger partial charge >= 0.3 is 143 Å². The Balaban J connectivity index is 1.92. The third-order valence-electron chi connectivity index (χ3n) is 3.64. The van der Waals surface area contributed by atoms with Gasteiger partial charge in [-0.1, -0.05) is 0 Å². The zero-order chi connectivity index (χ0) is 17.9. The van der Waals surface area contributed by atoms with Crippen molar-refractivity contribution in [1.82, 2.24) is 9.55 Å². The number of hydrogen-bond donors (Lipinski definition) is 5. The van der Waals surface area contributed by atoms with Crippen LogP contribution in [0.25, 0.3) is 0 Å². The molecule has 7 N–H and O–H groups in total. The van der Waals surface area contributed by atoms with Crippen LogP contribution in [0.1, 0.15) is 12.6 Å². The summed E-state index contributed by atoms with van der Waals surface area (Å²) in [5, 5.41) is 30.0. The number of ether oxygens (including phenoxy) is 1. The van der Waals surface area contributed by atoms with Gasteiger partial charge in [-0.3, -0.25) is 0 Å². The van der Waals surface area contributed by atoms with Gasteiger partial charge in [0, 0.05) is 0 Å². The third-order valence-corrected chi connectivity index (χ3v) is 5.92. The van der Waals surface area contributed by atoms with E-state index in [1.165, 1.54) is 12.3 Å². The molecule has 1 aromatic rings. The van der Waals surface area contributed by atoms with E-state index in [-0.39, 0.29) is 20.8 Å². The van der Waals surface area contributed by atoms with E-state index >= 15 is 0 Å². The fourth-order valence-electron chi connectivity index (χ4n) is 2.25. The molecule has 0 saturated carbocycles. The summed E-state index contributed by atoms with van der Waals surface area (Å²) in [5.41, 5.74) is 10.2. The Kier molecular flexibility index (Phi) is 6.33. The van der Waals surface area contributed by atoms with E-state index in [1.807, 2.05) is 0 Å². The van der Waals surface area contributed by atoms with Crippen LogP contribution in [-0.4, -0.2) is 70.2 Å². The number of carboxylic acids is 1. The van der Waals surface area contributed by atoms with Crippen LogP contribution < -0.4 is 17.2 Å². The van der Waals surface area contributed by atoms with Crippen molar-refractivity contribution in [3.8, 4) is 0 Å². The van der Waals surface area contributed by atoms with Crippen molar-refractivity contribution in [3.63, 3.8) is 0 Å². The van der Waals surface area contributed by atoms with Gasteiger partial charge in [-0.05, 0) is 0 Å². The first-order chi connectivity index (χ1) is 11.3. The summed E-state index contributed by atoms with van der Waals surface area (Å²) >= 11 is -0.0162. The minimum atomic E-state index is -1.27. The first kappa shape index (κ1) is 18.8. The van der Waals surface area contributed by atoms with Crippen LogP contribution in [0.15, 0.2) is 17.1 Å². The molecule has 0 bridgehead atoms. The van der Waals surface area contributed by atoms with Crippen molar-refractivity contribution in [3.05, 3.63) is 22.7 Å². The number of carbonyl (C=O) groups is 1. The van der Waals surface area contributed by atoms with Crippen molar-refractivity contribution in [2.24, 2.45) is 5.73 Å². The second kappa shape index (κ2) is 8.06. The normalized spacial score (nSPS) is 28.0. The first-order valence-electron chi connectivity index (χ1n) is 7.23. The number of anilines is 1. The van der Waals surface area contributed by atoms with E-state index in [0.29, 0.717) is 17.1 Å². The van der Waals surface area contributed by atoms with Crippen molar-refractivity contribution in [1.29, 1.82) is 0 Å². The van der Waals surface area contributed by atoms with Gasteiger partial charge in [-0.2, -0.15) is 0 Å².